The van der Waals surface area contributed by atoms with Crippen molar-refractivity contribution in [3.8, 4) is 0 Å². The maximum Gasteiger partial charge on any atom is 0.306 e. The van der Waals surface area contributed by atoms with E-state index in [9.17, 15) is 38.7 Å². The molecule has 0 aromatic heterocycles. The molecular formula is C41H78O15P2-2. The van der Waals surface area contributed by atoms with Crippen molar-refractivity contribution in [1.29, 1.82) is 0 Å². The number of allylic oxidation sites excluding steroid dienone is 2. The van der Waals surface area contributed by atoms with Crippen molar-refractivity contribution in [3.05, 3.63) is 12.2 Å². The van der Waals surface area contributed by atoms with Gasteiger partial charge < -0.3 is 52.7 Å². The van der Waals surface area contributed by atoms with Gasteiger partial charge in [-0.2, -0.15) is 0 Å². The minimum atomic E-state index is -5.12. The van der Waals surface area contributed by atoms with Gasteiger partial charge in [0, 0.05) is 12.8 Å². The van der Waals surface area contributed by atoms with Gasteiger partial charge in [-0.05, 0) is 38.5 Å². The number of phosphoric ester groups is 2. The maximum atomic E-state index is 12.7. The number of aliphatic hydroxyl groups excluding tert-OH is 3. The zero-order chi connectivity index (χ0) is 43.2. The van der Waals surface area contributed by atoms with E-state index in [1.807, 2.05) is 0 Å². The van der Waals surface area contributed by atoms with Crippen LogP contribution >= 0.6 is 15.6 Å². The molecule has 0 aromatic carbocycles. The number of hydrogen-bond acceptors (Lipinski definition) is 15. The molecule has 0 rings (SSSR count). The van der Waals surface area contributed by atoms with Crippen molar-refractivity contribution in [1.82, 2.24) is 0 Å². The van der Waals surface area contributed by atoms with Crippen molar-refractivity contribution in [2.24, 2.45) is 0 Å². The van der Waals surface area contributed by atoms with E-state index >= 15 is 0 Å². The lowest BCUT2D eigenvalue weighted by molar-refractivity contribution is -0.233. The highest BCUT2D eigenvalue weighted by Gasteiger charge is 2.23. The first kappa shape index (κ1) is 56.8. The SMILES string of the molecule is CCCCCC/C=C\CCCCCCCC(=O)O[C@H](COC(=O)CCCCCCCCCCCCCCC)COP(=O)([O-])OC[C@H](O)COP(=O)([O-])OC[C@@H](O)CO. The Balaban J connectivity index is 4.71. The van der Waals surface area contributed by atoms with Crippen LogP contribution in [0.2, 0.25) is 0 Å². The molecule has 17 heteroatoms. The van der Waals surface area contributed by atoms with Gasteiger partial charge in [0.2, 0.25) is 0 Å². The third kappa shape index (κ3) is 38.9. The maximum absolute atomic E-state index is 12.7. The van der Waals surface area contributed by atoms with E-state index in [0.717, 1.165) is 57.8 Å². The summed E-state index contributed by atoms with van der Waals surface area (Å²) in [6.45, 7) is -0.173. The van der Waals surface area contributed by atoms with Gasteiger partial charge in [-0.15, -0.1) is 0 Å². The molecular weight excluding hydrogens is 794 g/mol. The lowest BCUT2D eigenvalue weighted by Crippen LogP contribution is -2.31. The predicted molar refractivity (Wildman–Crippen MR) is 219 cm³/mol. The van der Waals surface area contributed by atoms with Gasteiger partial charge in [-0.1, -0.05) is 142 Å². The highest BCUT2D eigenvalue weighted by Crippen LogP contribution is 2.40. The summed E-state index contributed by atoms with van der Waals surface area (Å²) in [5.41, 5.74) is 0. The fraction of sp³-hybridized carbons (Fsp3) is 0.902. The minimum absolute atomic E-state index is 0.0883. The molecule has 0 heterocycles. The van der Waals surface area contributed by atoms with Crippen molar-refractivity contribution >= 4 is 27.6 Å². The van der Waals surface area contributed by atoms with Crippen LogP contribution in [-0.4, -0.2) is 85.2 Å². The first-order chi connectivity index (χ1) is 27.8. The van der Waals surface area contributed by atoms with Crippen LogP contribution in [0.1, 0.15) is 181 Å². The summed E-state index contributed by atoms with van der Waals surface area (Å²) in [4.78, 5) is 49.3. The summed E-state index contributed by atoms with van der Waals surface area (Å²) in [7, 11) is -10.1. The van der Waals surface area contributed by atoms with Crippen LogP contribution in [0.4, 0.5) is 0 Å². The first-order valence-electron chi connectivity index (χ1n) is 22.0. The normalized spacial score (nSPS) is 15.5. The van der Waals surface area contributed by atoms with Crippen LogP contribution in [-0.2, 0) is 46.3 Å². The van der Waals surface area contributed by atoms with E-state index in [1.54, 1.807) is 0 Å². The molecule has 15 nitrogen and oxygen atoms in total. The molecule has 0 aliphatic heterocycles. The predicted octanol–water partition coefficient (Wildman–Crippen LogP) is 7.90. The lowest BCUT2D eigenvalue weighted by Gasteiger charge is -2.27. The monoisotopic (exact) mass is 872 g/mol. The van der Waals surface area contributed by atoms with Gasteiger partial charge in [-0.25, -0.2) is 0 Å². The Bertz CT molecular complexity index is 1110. The fourth-order valence-electron chi connectivity index (χ4n) is 5.77. The standard InChI is InChI=1S/C41H80O15P2/c1-3-5-7-9-11-13-15-17-19-21-23-25-27-29-40(45)51-35-39(56-41(46)30-28-26-24-22-20-18-16-14-12-10-8-6-4-2)36-55-58(49,50)54-34-38(44)33-53-57(47,48)52-32-37(43)31-42/h14,16,37-39,42-44H,3-13,15,17-36H2,1-2H3,(H,47,48)(H,49,50)/p-2/b16-14-/t37-,38+,39+/m0/s1. The Hall–Kier alpha value is -1.22. The van der Waals surface area contributed by atoms with Gasteiger partial charge >= 0.3 is 11.9 Å². The highest BCUT2D eigenvalue weighted by atomic mass is 31.2. The Kier molecular flexibility index (Phi) is 37.9. The fourth-order valence-corrected chi connectivity index (χ4v) is 7.34. The molecule has 0 bridgehead atoms. The quantitative estimate of drug-likeness (QED) is 0.0229. The number of unbranched alkanes of at least 4 members (excludes halogenated alkanes) is 21. The summed E-state index contributed by atoms with van der Waals surface area (Å²) < 4.78 is 53.1. The van der Waals surface area contributed by atoms with Crippen LogP contribution < -0.4 is 9.79 Å². The average molecular weight is 873 g/mol. The molecule has 0 aromatic rings. The summed E-state index contributed by atoms with van der Waals surface area (Å²) in [6, 6.07) is 0. The molecule has 0 saturated heterocycles. The molecule has 5 atom stereocenters. The van der Waals surface area contributed by atoms with Crippen LogP contribution in [0, 0.1) is 0 Å². The van der Waals surface area contributed by atoms with E-state index in [2.05, 4.69) is 39.6 Å². The van der Waals surface area contributed by atoms with Gasteiger partial charge in [0.15, 0.2) is 6.10 Å². The Morgan fingerprint density at radius 2 is 0.879 bits per heavy atom. The molecule has 0 spiro atoms. The van der Waals surface area contributed by atoms with Gasteiger partial charge in [0.05, 0.1) is 33.0 Å². The number of ether oxygens (including phenoxy) is 2. The zero-order valence-electron chi connectivity index (χ0n) is 35.6. The van der Waals surface area contributed by atoms with Crippen LogP contribution in [0.15, 0.2) is 12.2 Å². The lowest BCUT2D eigenvalue weighted by atomic mass is 10.0. The number of esters is 2. The average Bonchev–Trinajstić information content (AvgIpc) is 3.20. The summed E-state index contributed by atoms with van der Waals surface area (Å²) in [6.07, 6.45) is 27.0. The topological polar surface area (TPSA) is 230 Å². The number of hydrogen-bond donors (Lipinski definition) is 3. The zero-order valence-corrected chi connectivity index (χ0v) is 37.4. The summed E-state index contributed by atoms with van der Waals surface area (Å²) >= 11 is 0. The molecule has 0 radical (unpaired) electrons. The first-order valence-corrected chi connectivity index (χ1v) is 24.9. The van der Waals surface area contributed by atoms with Crippen molar-refractivity contribution < 1.29 is 71.4 Å². The number of carbonyl (C=O) groups is 2. The number of aliphatic hydroxyl groups is 3. The van der Waals surface area contributed by atoms with E-state index < -0.39 is 85.5 Å². The number of phosphoric acid groups is 2. The molecule has 3 N–H and O–H groups in total. The Labute approximate surface area is 349 Å². The third-order valence-electron chi connectivity index (χ3n) is 9.26. The summed E-state index contributed by atoms with van der Waals surface area (Å²) in [5.74, 6) is -1.11. The van der Waals surface area contributed by atoms with E-state index in [1.165, 1.54) is 83.5 Å². The molecule has 0 saturated carbocycles. The molecule has 0 amide bonds. The number of rotatable bonds is 43. The molecule has 344 valence electrons. The van der Waals surface area contributed by atoms with Gasteiger partial charge in [0.1, 0.15) is 18.8 Å². The minimum Gasteiger partial charge on any atom is -0.756 e. The van der Waals surface area contributed by atoms with E-state index in [-0.39, 0.29) is 12.8 Å². The van der Waals surface area contributed by atoms with E-state index in [4.69, 9.17) is 19.1 Å². The van der Waals surface area contributed by atoms with Crippen LogP contribution in [0.3, 0.4) is 0 Å². The van der Waals surface area contributed by atoms with Crippen LogP contribution in [0.25, 0.3) is 0 Å². The van der Waals surface area contributed by atoms with E-state index in [0.29, 0.717) is 12.8 Å². The second-order valence-corrected chi connectivity index (χ2v) is 17.8. The molecule has 2 unspecified atom stereocenters. The number of carbonyl (C=O) groups excluding carboxylic acids is 2. The van der Waals surface area contributed by atoms with Gasteiger partial charge in [0.25, 0.3) is 15.6 Å². The smallest absolute Gasteiger partial charge is 0.306 e. The van der Waals surface area contributed by atoms with Crippen molar-refractivity contribution in [3.63, 3.8) is 0 Å². The third-order valence-corrected chi connectivity index (χ3v) is 11.1. The molecule has 0 fully saturated rings. The Morgan fingerprint density at radius 1 is 0.517 bits per heavy atom. The van der Waals surface area contributed by atoms with Crippen molar-refractivity contribution in [2.75, 3.05) is 39.6 Å². The second-order valence-electron chi connectivity index (χ2n) is 15.0. The summed E-state index contributed by atoms with van der Waals surface area (Å²) in [5, 5.41) is 27.9. The second kappa shape index (κ2) is 38.7. The molecule has 58 heavy (non-hydrogen) atoms. The highest BCUT2D eigenvalue weighted by molar-refractivity contribution is 7.46. The van der Waals surface area contributed by atoms with Crippen LogP contribution in [0.5, 0.6) is 0 Å². The Morgan fingerprint density at radius 3 is 1.33 bits per heavy atom. The molecule has 0 aliphatic carbocycles. The molecule has 0 aliphatic rings. The van der Waals surface area contributed by atoms with Gasteiger partial charge in [-0.3, -0.25) is 18.7 Å². The van der Waals surface area contributed by atoms with Crippen molar-refractivity contribution in [2.45, 2.75) is 199 Å². The largest absolute Gasteiger partial charge is 0.756 e.